The highest BCUT2D eigenvalue weighted by Gasteiger charge is 2.43. The fourth-order valence-electron chi connectivity index (χ4n) is 8.37. The van der Waals surface area contributed by atoms with E-state index >= 15 is 0 Å². The zero-order chi connectivity index (χ0) is 33.8. The van der Waals surface area contributed by atoms with E-state index < -0.39 is 8.07 Å². The first-order valence-electron chi connectivity index (χ1n) is 17.5. The van der Waals surface area contributed by atoms with Crippen LogP contribution in [0.3, 0.4) is 0 Å². The maximum absolute atomic E-state index is 6.35. The molecule has 0 spiro atoms. The quantitative estimate of drug-likeness (QED) is 0.128. The summed E-state index contributed by atoms with van der Waals surface area (Å²) in [6, 6.07) is 73.3. The van der Waals surface area contributed by atoms with Crippen LogP contribution in [-0.2, 0) is 0 Å². The van der Waals surface area contributed by atoms with E-state index in [1.54, 1.807) is 0 Å². The third-order valence-corrected chi connectivity index (χ3v) is 15.3. The Labute approximate surface area is 297 Å². The fraction of sp³-hybridized carbons (Fsp3) is 0. The van der Waals surface area contributed by atoms with Gasteiger partial charge in [0.2, 0.25) is 0 Å². The first-order chi connectivity index (χ1) is 25.3. The second kappa shape index (κ2) is 11.9. The lowest BCUT2D eigenvalue weighted by molar-refractivity contribution is 0.669. The van der Waals surface area contributed by atoms with Gasteiger partial charge < -0.3 is 8.98 Å². The molecular weight excluding hydrogens is 635 g/mol. The second-order valence-corrected chi connectivity index (χ2v) is 17.0. The van der Waals surface area contributed by atoms with Gasteiger partial charge in [0, 0.05) is 27.2 Å². The molecule has 2 heterocycles. The zero-order valence-corrected chi connectivity index (χ0v) is 28.9. The van der Waals surface area contributed by atoms with Gasteiger partial charge in [-0.1, -0.05) is 158 Å². The number of aromatic nitrogens is 1. The van der Waals surface area contributed by atoms with Crippen molar-refractivity contribution in [1.29, 1.82) is 0 Å². The van der Waals surface area contributed by atoms with E-state index in [2.05, 4.69) is 193 Å². The zero-order valence-electron chi connectivity index (χ0n) is 27.9. The molecule has 240 valence electrons. The number of benzene rings is 8. The SMILES string of the molecule is c1ccc(-n2c3ccccc3c3c([Si](c4ccccc4)(c4ccccc4)c4cccc(-c5ccc6c(c5)oc5ccccc56)c4)cccc32)cc1. The first-order valence-corrected chi connectivity index (χ1v) is 19.5. The van der Waals surface area contributed by atoms with Crippen molar-refractivity contribution in [2.24, 2.45) is 0 Å². The molecule has 0 aliphatic carbocycles. The van der Waals surface area contributed by atoms with Gasteiger partial charge in [0.15, 0.2) is 8.07 Å². The molecular formula is C48H33NOSi. The van der Waals surface area contributed by atoms with Crippen LogP contribution in [0.5, 0.6) is 0 Å². The van der Waals surface area contributed by atoms with Crippen LogP contribution in [0.4, 0.5) is 0 Å². The summed E-state index contributed by atoms with van der Waals surface area (Å²) in [5.41, 5.74) is 7.74. The molecule has 0 aliphatic rings. The number of rotatable bonds is 6. The van der Waals surface area contributed by atoms with Gasteiger partial charge in [-0.25, -0.2) is 0 Å². The molecule has 0 fully saturated rings. The van der Waals surface area contributed by atoms with Gasteiger partial charge in [0.1, 0.15) is 11.2 Å². The Morgan fingerprint density at radius 2 is 0.941 bits per heavy atom. The lowest BCUT2D eigenvalue weighted by atomic mass is 10.0. The van der Waals surface area contributed by atoms with E-state index in [-0.39, 0.29) is 0 Å². The summed E-state index contributed by atoms with van der Waals surface area (Å²) in [7, 11) is -2.95. The van der Waals surface area contributed by atoms with Gasteiger partial charge in [-0.2, -0.15) is 0 Å². The summed E-state index contributed by atoms with van der Waals surface area (Å²) in [5, 5.41) is 10.3. The van der Waals surface area contributed by atoms with Crippen LogP contribution in [0.15, 0.2) is 205 Å². The third-order valence-electron chi connectivity index (χ3n) is 10.5. The Hall–Kier alpha value is -6.42. The summed E-state index contributed by atoms with van der Waals surface area (Å²) in [6.07, 6.45) is 0. The minimum absolute atomic E-state index is 0.909. The summed E-state index contributed by atoms with van der Waals surface area (Å²) >= 11 is 0. The van der Waals surface area contributed by atoms with Crippen LogP contribution in [0, 0.1) is 0 Å². The van der Waals surface area contributed by atoms with Crippen LogP contribution in [-0.4, -0.2) is 12.6 Å². The highest BCUT2D eigenvalue weighted by Crippen LogP contribution is 2.34. The average Bonchev–Trinajstić information content (AvgIpc) is 3.75. The Kier molecular flexibility index (Phi) is 6.86. The molecule has 0 amide bonds. The number of fused-ring (bicyclic) bond motifs is 6. The van der Waals surface area contributed by atoms with Gasteiger partial charge in [-0.15, -0.1) is 0 Å². The first kappa shape index (κ1) is 29.5. The van der Waals surface area contributed by atoms with Gasteiger partial charge >= 0.3 is 0 Å². The minimum Gasteiger partial charge on any atom is -0.456 e. The molecule has 0 unspecified atom stereocenters. The molecule has 0 atom stereocenters. The maximum Gasteiger partial charge on any atom is 0.180 e. The van der Waals surface area contributed by atoms with Crippen molar-refractivity contribution in [2.45, 2.75) is 0 Å². The van der Waals surface area contributed by atoms with E-state index in [0.717, 1.165) is 33.2 Å². The molecule has 2 aromatic heterocycles. The van der Waals surface area contributed by atoms with Crippen molar-refractivity contribution in [1.82, 2.24) is 4.57 Å². The largest absolute Gasteiger partial charge is 0.456 e. The van der Waals surface area contributed by atoms with Gasteiger partial charge in [0.05, 0.1) is 11.0 Å². The van der Waals surface area contributed by atoms with Gasteiger partial charge in [-0.05, 0) is 74.3 Å². The molecule has 0 saturated heterocycles. The van der Waals surface area contributed by atoms with Crippen LogP contribution in [0.25, 0.3) is 60.6 Å². The Bertz CT molecular complexity index is 2810. The monoisotopic (exact) mass is 667 g/mol. The van der Waals surface area contributed by atoms with Crippen molar-refractivity contribution in [3.8, 4) is 16.8 Å². The molecule has 0 N–H and O–H groups in total. The van der Waals surface area contributed by atoms with Crippen LogP contribution in [0.2, 0.25) is 0 Å². The predicted molar refractivity (Wildman–Crippen MR) is 217 cm³/mol. The average molecular weight is 668 g/mol. The van der Waals surface area contributed by atoms with E-state index in [0.29, 0.717) is 0 Å². The number of nitrogens with zero attached hydrogens (tertiary/aromatic N) is 1. The van der Waals surface area contributed by atoms with E-state index in [1.165, 1.54) is 48.1 Å². The third kappa shape index (κ3) is 4.56. The van der Waals surface area contributed by atoms with Crippen molar-refractivity contribution in [3.05, 3.63) is 200 Å². The molecule has 0 radical (unpaired) electrons. The number of hydrogen-bond acceptors (Lipinski definition) is 1. The van der Waals surface area contributed by atoms with Crippen LogP contribution in [0.1, 0.15) is 0 Å². The smallest absolute Gasteiger partial charge is 0.180 e. The molecule has 51 heavy (non-hydrogen) atoms. The highest BCUT2D eigenvalue weighted by molar-refractivity contribution is 7.20. The molecule has 3 heteroatoms. The number of furan rings is 1. The van der Waals surface area contributed by atoms with Crippen molar-refractivity contribution < 1.29 is 4.42 Å². The predicted octanol–water partition coefficient (Wildman–Crippen LogP) is 9.73. The maximum atomic E-state index is 6.35. The van der Waals surface area contributed by atoms with Crippen molar-refractivity contribution in [2.75, 3.05) is 0 Å². The number of hydrogen-bond donors (Lipinski definition) is 0. The molecule has 10 rings (SSSR count). The molecule has 10 aromatic rings. The Balaban J connectivity index is 1.30. The van der Waals surface area contributed by atoms with Crippen molar-refractivity contribution >= 4 is 72.6 Å². The molecule has 2 nitrogen and oxygen atoms in total. The van der Waals surface area contributed by atoms with Gasteiger partial charge in [-0.3, -0.25) is 0 Å². The summed E-state index contributed by atoms with van der Waals surface area (Å²) in [6.45, 7) is 0. The van der Waals surface area contributed by atoms with E-state index in [4.69, 9.17) is 4.42 Å². The van der Waals surface area contributed by atoms with Crippen LogP contribution < -0.4 is 20.7 Å². The highest BCUT2D eigenvalue weighted by atomic mass is 28.3. The standard InChI is InChI=1S/C48H33NOSi/c1-4-17-36(18-5-1)49-43-26-12-10-25-42(43)48-44(49)27-15-29-47(48)51(37-19-6-2-7-20-37,38-21-8-3-9-22-38)39-23-14-16-34(32-39)35-30-31-41-40-24-11-13-28-45(40)50-46(41)33-35/h1-33H. The lowest BCUT2D eigenvalue weighted by Crippen LogP contribution is -2.74. The lowest BCUT2D eigenvalue weighted by Gasteiger charge is -2.35. The van der Waals surface area contributed by atoms with E-state index in [9.17, 15) is 0 Å². The summed E-state index contributed by atoms with van der Waals surface area (Å²) in [4.78, 5) is 0. The molecule has 0 bridgehead atoms. The molecule has 8 aromatic carbocycles. The van der Waals surface area contributed by atoms with E-state index in [1.807, 2.05) is 12.1 Å². The van der Waals surface area contributed by atoms with Crippen molar-refractivity contribution in [3.63, 3.8) is 0 Å². The molecule has 0 aliphatic heterocycles. The van der Waals surface area contributed by atoms with Gasteiger partial charge in [0.25, 0.3) is 0 Å². The fourth-order valence-corrected chi connectivity index (χ4v) is 13.4. The summed E-state index contributed by atoms with van der Waals surface area (Å²) in [5.74, 6) is 0. The molecule has 0 saturated carbocycles. The number of para-hydroxylation sites is 3. The summed E-state index contributed by atoms with van der Waals surface area (Å²) < 4.78 is 8.79. The van der Waals surface area contributed by atoms with Crippen LogP contribution >= 0.6 is 0 Å². The Morgan fingerprint density at radius 3 is 1.71 bits per heavy atom. The second-order valence-electron chi connectivity index (χ2n) is 13.3. The topological polar surface area (TPSA) is 18.1 Å². The normalized spacial score (nSPS) is 11.9. The Morgan fingerprint density at radius 1 is 0.373 bits per heavy atom. The minimum atomic E-state index is -2.95.